The Morgan fingerprint density at radius 1 is 1.15 bits per heavy atom. The van der Waals surface area contributed by atoms with E-state index in [4.69, 9.17) is 0 Å². The second kappa shape index (κ2) is 6.88. The standard InChI is InChI=1S/C17H19FN2O4S2/c1-13-11-16(7-8-17(13)20-9-2-10-26(20,23)24)19-25(21,22)12-14-3-5-15(18)6-4-14/h3-8,11,19H,2,9-10,12H2,1H3. The second-order valence-corrected chi connectivity index (χ2v) is 9.97. The number of sulfonamides is 2. The zero-order valence-corrected chi connectivity index (χ0v) is 15.8. The van der Waals surface area contributed by atoms with Gasteiger partial charge in [0.15, 0.2) is 0 Å². The summed E-state index contributed by atoms with van der Waals surface area (Å²) in [5.41, 5.74) is 2.04. The first-order valence-corrected chi connectivity index (χ1v) is 11.3. The first kappa shape index (κ1) is 18.7. The first-order valence-electron chi connectivity index (χ1n) is 8.02. The minimum Gasteiger partial charge on any atom is -0.283 e. The van der Waals surface area contributed by atoms with Crippen LogP contribution in [0.3, 0.4) is 0 Å². The normalized spacial score (nSPS) is 16.6. The Kier molecular flexibility index (Phi) is 4.94. The molecule has 2 aromatic rings. The quantitative estimate of drug-likeness (QED) is 0.839. The van der Waals surface area contributed by atoms with E-state index in [0.29, 0.717) is 35.5 Å². The topological polar surface area (TPSA) is 83.6 Å². The molecule has 26 heavy (non-hydrogen) atoms. The number of aryl methyl sites for hydroxylation is 1. The first-order chi connectivity index (χ1) is 12.2. The predicted molar refractivity (Wildman–Crippen MR) is 99.6 cm³/mol. The van der Waals surface area contributed by atoms with E-state index < -0.39 is 25.9 Å². The highest BCUT2D eigenvalue weighted by molar-refractivity contribution is 7.93. The fourth-order valence-corrected chi connectivity index (χ4v) is 5.74. The number of halogens is 1. The van der Waals surface area contributed by atoms with Crippen molar-refractivity contribution < 1.29 is 21.2 Å². The van der Waals surface area contributed by atoms with Crippen molar-refractivity contribution in [1.82, 2.24) is 0 Å². The number of rotatable bonds is 5. The lowest BCUT2D eigenvalue weighted by atomic mass is 10.2. The molecule has 2 aromatic carbocycles. The lowest BCUT2D eigenvalue weighted by molar-refractivity contribution is 0.598. The average molecular weight is 398 g/mol. The summed E-state index contributed by atoms with van der Waals surface area (Å²) in [6.45, 7) is 2.17. The van der Waals surface area contributed by atoms with Crippen molar-refractivity contribution in [2.45, 2.75) is 19.1 Å². The molecule has 0 aromatic heterocycles. The van der Waals surface area contributed by atoms with Gasteiger partial charge in [0.1, 0.15) is 5.82 Å². The molecule has 6 nitrogen and oxygen atoms in total. The summed E-state index contributed by atoms with van der Waals surface area (Å²) in [4.78, 5) is 0. The Bertz CT molecular complexity index is 1020. The van der Waals surface area contributed by atoms with E-state index in [2.05, 4.69) is 4.72 Å². The monoisotopic (exact) mass is 398 g/mol. The Balaban J connectivity index is 1.78. The molecule has 1 aliphatic heterocycles. The van der Waals surface area contributed by atoms with Gasteiger partial charge >= 0.3 is 0 Å². The lowest BCUT2D eigenvalue weighted by Crippen LogP contribution is -2.25. The summed E-state index contributed by atoms with van der Waals surface area (Å²) in [7, 11) is -6.97. The highest BCUT2D eigenvalue weighted by Crippen LogP contribution is 2.29. The molecule has 1 fully saturated rings. The van der Waals surface area contributed by atoms with E-state index >= 15 is 0 Å². The molecule has 0 unspecified atom stereocenters. The van der Waals surface area contributed by atoms with Gasteiger partial charge in [-0.2, -0.15) is 0 Å². The van der Waals surface area contributed by atoms with E-state index in [1.165, 1.54) is 28.6 Å². The molecule has 0 radical (unpaired) electrons. The summed E-state index contributed by atoms with van der Waals surface area (Å²) >= 11 is 0. The molecule has 140 valence electrons. The summed E-state index contributed by atoms with van der Waals surface area (Å²) < 4.78 is 65.4. The van der Waals surface area contributed by atoms with E-state index in [9.17, 15) is 21.2 Å². The molecule has 0 saturated carbocycles. The number of nitrogens with one attached hydrogen (secondary N) is 1. The number of nitrogens with zero attached hydrogens (tertiary/aromatic N) is 1. The Morgan fingerprint density at radius 3 is 2.42 bits per heavy atom. The van der Waals surface area contributed by atoms with Crippen molar-refractivity contribution in [2.75, 3.05) is 21.3 Å². The van der Waals surface area contributed by atoms with Crippen LogP contribution < -0.4 is 9.03 Å². The maximum Gasteiger partial charge on any atom is 0.236 e. The third-order valence-corrected chi connectivity index (χ3v) is 7.22. The van der Waals surface area contributed by atoms with Crippen LogP contribution in [0, 0.1) is 12.7 Å². The third kappa shape index (κ3) is 4.16. The van der Waals surface area contributed by atoms with Crippen LogP contribution in [0.2, 0.25) is 0 Å². The minimum atomic E-state index is -3.68. The highest BCUT2D eigenvalue weighted by atomic mass is 32.2. The molecule has 1 N–H and O–H groups in total. The molecular weight excluding hydrogens is 379 g/mol. The van der Waals surface area contributed by atoms with Crippen LogP contribution in [-0.2, 0) is 25.8 Å². The minimum absolute atomic E-state index is 0.124. The van der Waals surface area contributed by atoms with Gasteiger partial charge in [-0.3, -0.25) is 9.03 Å². The van der Waals surface area contributed by atoms with Gasteiger partial charge < -0.3 is 0 Å². The number of hydrogen-bond donors (Lipinski definition) is 1. The third-order valence-electron chi connectivity index (χ3n) is 4.11. The molecule has 0 aliphatic carbocycles. The Hall–Kier alpha value is -2.13. The molecule has 9 heteroatoms. The van der Waals surface area contributed by atoms with Gasteiger partial charge in [-0.25, -0.2) is 21.2 Å². The Morgan fingerprint density at radius 2 is 1.85 bits per heavy atom. The van der Waals surface area contributed by atoms with Crippen molar-refractivity contribution in [1.29, 1.82) is 0 Å². The van der Waals surface area contributed by atoms with Crippen LogP contribution in [0.5, 0.6) is 0 Å². The van der Waals surface area contributed by atoms with Crippen LogP contribution >= 0.6 is 0 Å². The van der Waals surface area contributed by atoms with Gasteiger partial charge in [0.05, 0.1) is 17.2 Å². The van der Waals surface area contributed by atoms with Gasteiger partial charge in [0, 0.05) is 12.2 Å². The van der Waals surface area contributed by atoms with Crippen molar-refractivity contribution in [3.63, 3.8) is 0 Å². The molecular formula is C17H19FN2O4S2. The largest absolute Gasteiger partial charge is 0.283 e. The van der Waals surface area contributed by atoms with Gasteiger partial charge in [-0.15, -0.1) is 0 Å². The zero-order chi connectivity index (χ0) is 18.9. The van der Waals surface area contributed by atoms with E-state index in [1.54, 1.807) is 25.1 Å². The SMILES string of the molecule is Cc1cc(NS(=O)(=O)Cc2ccc(F)cc2)ccc1N1CCCS1(=O)=O. The Labute approximate surface area is 152 Å². The second-order valence-electron chi connectivity index (χ2n) is 6.23. The van der Waals surface area contributed by atoms with Crippen molar-refractivity contribution in [3.05, 3.63) is 59.4 Å². The molecule has 0 atom stereocenters. The number of anilines is 2. The molecule has 1 aliphatic rings. The molecule has 0 spiro atoms. The number of hydrogen-bond acceptors (Lipinski definition) is 4. The molecule has 0 amide bonds. The predicted octanol–water partition coefficient (Wildman–Crippen LogP) is 2.62. The molecule has 1 saturated heterocycles. The van der Waals surface area contributed by atoms with Crippen LogP contribution in [0.25, 0.3) is 0 Å². The highest BCUT2D eigenvalue weighted by Gasteiger charge is 2.29. The summed E-state index contributed by atoms with van der Waals surface area (Å²) in [6, 6.07) is 10.0. The summed E-state index contributed by atoms with van der Waals surface area (Å²) in [6.07, 6.45) is 0.577. The van der Waals surface area contributed by atoms with Gasteiger partial charge in [-0.1, -0.05) is 12.1 Å². The van der Waals surface area contributed by atoms with Crippen molar-refractivity contribution >= 4 is 31.4 Å². The van der Waals surface area contributed by atoms with Crippen LogP contribution in [0.4, 0.5) is 15.8 Å². The lowest BCUT2D eigenvalue weighted by Gasteiger charge is -2.20. The smallest absolute Gasteiger partial charge is 0.236 e. The molecule has 0 bridgehead atoms. The maximum absolute atomic E-state index is 12.9. The summed E-state index contributed by atoms with van der Waals surface area (Å²) in [5.74, 6) is -0.588. The number of benzene rings is 2. The van der Waals surface area contributed by atoms with E-state index in [-0.39, 0.29) is 11.5 Å². The average Bonchev–Trinajstić information content (AvgIpc) is 2.88. The van der Waals surface area contributed by atoms with Crippen LogP contribution in [0.1, 0.15) is 17.5 Å². The zero-order valence-electron chi connectivity index (χ0n) is 14.1. The fraction of sp³-hybridized carbons (Fsp3) is 0.294. The molecule has 3 rings (SSSR count). The maximum atomic E-state index is 12.9. The van der Waals surface area contributed by atoms with Crippen molar-refractivity contribution in [2.24, 2.45) is 0 Å². The van der Waals surface area contributed by atoms with E-state index in [0.717, 1.165) is 0 Å². The fourth-order valence-electron chi connectivity index (χ4n) is 2.92. The van der Waals surface area contributed by atoms with Gasteiger partial charge in [-0.05, 0) is 54.8 Å². The van der Waals surface area contributed by atoms with Crippen LogP contribution in [-0.4, -0.2) is 29.1 Å². The molecule has 1 heterocycles. The summed E-state index contributed by atoms with van der Waals surface area (Å²) in [5, 5.41) is 0. The van der Waals surface area contributed by atoms with Gasteiger partial charge in [0.25, 0.3) is 0 Å². The van der Waals surface area contributed by atoms with Crippen LogP contribution in [0.15, 0.2) is 42.5 Å². The van der Waals surface area contributed by atoms with Gasteiger partial charge in [0.2, 0.25) is 20.0 Å². The van der Waals surface area contributed by atoms with Crippen molar-refractivity contribution in [3.8, 4) is 0 Å². The van der Waals surface area contributed by atoms with E-state index in [1.807, 2.05) is 0 Å².